The molecule has 0 fully saturated rings. The summed E-state index contributed by atoms with van der Waals surface area (Å²) < 4.78 is 25.1. The van der Waals surface area contributed by atoms with Gasteiger partial charge < -0.3 is 5.32 Å². The highest BCUT2D eigenvalue weighted by atomic mass is 32.2. The van der Waals surface area contributed by atoms with Gasteiger partial charge in [0.25, 0.3) is 0 Å². The number of pyridine rings is 2. The number of hydrogen-bond acceptors (Lipinski definition) is 7. The van der Waals surface area contributed by atoms with E-state index in [1.807, 2.05) is 6.07 Å². The molecule has 2 N–H and O–H groups in total. The molecule has 25 heavy (non-hydrogen) atoms. The first-order valence-electron chi connectivity index (χ1n) is 7.64. The lowest BCUT2D eigenvalue weighted by atomic mass is 10.1. The van der Waals surface area contributed by atoms with Crippen molar-refractivity contribution in [3.8, 4) is 0 Å². The minimum Gasteiger partial charge on any atom is -0.323 e. The zero-order valence-electron chi connectivity index (χ0n) is 14.1. The van der Waals surface area contributed by atoms with Crippen molar-refractivity contribution in [3.05, 3.63) is 42.2 Å². The molecule has 0 spiro atoms. The molecule has 3 aromatic heterocycles. The van der Waals surface area contributed by atoms with Crippen LogP contribution in [0.4, 0.5) is 17.3 Å². The Kier molecular flexibility index (Phi) is 4.49. The van der Waals surface area contributed by atoms with Crippen LogP contribution in [-0.2, 0) is 10.0 Å². The molecule has 0 unspecified atom stereocenters. The monoisotopic (exact) mass is 358 g/mol. The average molecular weight is 358 g/mol. The molecule has 0 atom stereocenters. The number of nitrogens with one attached hydrogen (secondary N) is 2. The molecule has 0 aliphatic carbocycles. The summed E-state index contributed by atoms with van der Waals surface area (Å²) in [5.74, 6) is 1.51. The smallest absolute Gasteiger partial charge is 0.229 e. The van der Waals surface area contributed by atoms with E-state index >= 15 is 0 Å². The maximum absolute atomic E-state index is 11.3. The van der Waals surface area contributed by atoms with Crippen LogP contribution in [0.25, 0.3) is 11.0 Å². The number of anilines is 3. The number of nitrogens with zero attached hydrogens (tertiary/aromatic N) is 4. The fourth-order valence-electron chi connectivity index (χ4n) is 2.24. The van der Waals surface area contributed by atoms with E-state index in [1.165, 1.54) is 6.20 Å². The third-order valence-corrected chi connectivity index (χ3v) is 4.05. The predicted octanol–water partition coefficient (Wildman–Crippen LogP) is 2.66. The van der Waals surface area contributed by atoms with Crippen molar-refractivity contribution in [1.29, 1.82) is 0 Å². The molecule has 8 nitrogen and oxygen atoms in total. The minimum absolute atomic E-state index is 0.342. The molecule has 3 aromatic rings. The predicted molar refractivity (Wildman–Crippen MR) is 97.4 cm³/mol. The first kappa shape index (κ1) is 17.0. The molecular weight excluding hydrogens is 340 g/mol. The number of hydrogen-bond donors (Lipinski definition) is 2. The first-order chi connectivity index (χ1) is 11.8. The Bertz CT molecular complexity index is 1020. The SMILES string of the molecule is CC(C)c1cnnc(Nc2ccc3ncc(NS(C)(=O)=O)cc3n2)c1. The van der Waals surface area contributed by atoms with Gasteiger partial charge in [-0.25, -0.2) is 13.4 Å². The van der Waals surface area contributed by atoms with Crippen LogP contribution in [0.3, 0.4) is 0 Å². The number of sulfonamides is 1. The highest BCUT2D eigenvalue weighted by Gasteiger charge is 2.07. The summed E-state index contributed by atoms with van der Waals surface area (Å²) >= 11 is 0. The van der Waals surface area contributed by atoms with E-state index < -0.39 is 10.0 Å². The van der Waals surface area contributed by atoms with Gasteiger partial charge in [-0.3, -0.25) is 9.71 Å². The lowest BCUT2D eigenvalue weighted by Crippen LogP contribution is -2.09. The van der Waals surface area contributed by atoms with Gasteiger partial charge in [-0.1, -0.05) is 13.8 Å². The number of rotatable bonds is 5. The van der Waals surface area contributed by atoms with Crippen LogP contribution in [0.5, 0.6) is 0 Å². The Morgan fingerprint density at radius 2 is 1.84 bits per heavy atom. The quantitative estimate of drug-likeness (QED) is 0.721. The van der Waals surface area contributed by atoms with Crippen molar-refractivity contribution >= 4 is 38.4 Å². The molecule has 3 rings (SSSR count). The van der Waals surface area contributed by atoms with E-state index in [4.69, 9.17) is 0 Å². The lowest BCUT2D eigenvalue weighted by molar-refractivity contribution is 0.607. The Balaban J connectivity index is 1.90. The topological polar surface area (TPSA) is 110 Å². The summed E-state index contributed by atoms with van der Waals surface area (Å²) in [7, 11) is -3.37. The molecule has 0 saturated carbocycles. The van der Waals surface area contributed by atoms with Gasteiger partial charge in [0.05, 0.1) is 35.4 Å². The molecule has 0 aliphatic heterocycles. The van der Waals surface area contributed by atoms with Gasteiger partial charge in [0.2, 0.25) is 10.0 Å². The average Bonchev–Trinajstić information content (AvgIpc) is 2.53. The number of fused-ring (bicyclic) bond motifs is 1. The van der Waals surface area contributed by atoms with Crippen LogP contribution in [0.2, 0.25) is 0 Å². The molecule has 130 valence electrons. The normalized spacial score (nSPS) is 11.7. The number of aromatic nitrogens is 4. The molecule has 0 radical (unpaired) electrons. The Morgan fingerprint density at radius 1 is 1.04 bits per heavy atom. The third-order valence-electron chi connectivity index (χ3n) is 3.44. The summed E-state index contributed by atoms with van der Waals surface area (Å²) in [6.45, 7) is 4.16. The van der Waals surface area contributed by atoms with E-state index in [0.29, 0.717) is 34.3 Å². The van der Waals surface area contributed by atoms with Crippen LogP contribution in [0.15, 0.2) is 36.7 Å². The van der Waals surface area contributed by atoms with E-state index in [1.54, 1.807) is 24.4 Å². The molecule has 9 heteroatoms. The molecule has 0 aromatic carbocycles. The molecule has 3 heterocycles. The van der Waals surface area contributed by atoms with Crippen LogP contribution < -0.4 is 10.0 Å². The standard InChI is InChI=1S/C16H18N6O2S/c1-10(2)11-6-16(21-18-8-11)20-15-5-4-13-14(19-15)7-12(9-17-13)22-25(3,23)24/h4-10,22H,1-3H3,(H,19,20,21). The Morgan fingerprint density at radius 3 is 2.56 bits per heavy atom. The maximum atomic E-state index is 11.3. The summed E-state index contributed by atoms with van der Waals surface area (Å²) in [5.41, 5.74) is 2.65. The van der Waals surface area contributed by atoms with Crippen molar-refractivity contribution in [1.82, 2.24) is 20.2 Å². The third kappa shape index (κ3) is 4.38. The van der Waals surface area contributed by atoms with Crippen LogP contribution in [0, 0.1) is 0 Å². The van der Waals surface area contributed by atoms with Crippen LogP contribution in [0.1, 0.15) is 25.3 Å². The Hall–Kier alpha value is -2.81. The fraction of sp³-hybridized carbons (Fsp3) is 0.250. The van der Waals surface area contributed by atoms with Crippen molar-refractivity contribution < 1.29 is 8.42 Å². The second kappa shape index (κ2) is 6.60. The van der Waals surface area contributed by atoms with Gasteiger partial charge in [-0.05, 0) is 35.7 Å². The zero-order chi connectivity index (χ0) is 18.0. The molecular formula is C16H18N6O2S. The van der Waals surface area contributed by atoms with Gasteiger partial charge in [0, 0.05) is 0 Å². The highest BCUT2D eigenvalue weighted by Crippen LogP contribution is 2.21. The molecule has 0 amide bonds. The largest absolute Gasteiger partial charge is 0.323 e. The van der Waals surface area contributed by atoms with Crippen LogP contribution in [-0.4, -0.2) is 34.8 Å². The summed E-state index contributed by atoms with van der Waals surface area (Å²) in [6, 6.07) is 7.13. The Labute approximate surface area is 145 Å². The zero-order valence-corrected chi connectivity index (χ0v) is 14.9. The fourth-order valence-corrected chi connectivity index (χ4v) is 2.78. The van der Waals surface area contributed by atoms with Crippen LogP contribution >= 0.6 is 0 Å². The molecule has 0 bridgehead atoms. The summed E-state index contributed by atoms with van der Waals surface area (Å²) in [5, 5.41) is 11.2. The second-order valence-electron chi connectivity index (χ2n) is 5.99. The molecule has 0 saturated heterocycles. The molecule has 0 aliphatic rings. The van der Waals surface area contributed by atoms with Gasteiger partial charge in [0.15, 0.2) is 5.82 Å². The van der Waals surface area contributed by atoms with Crippen molar-refractivity contribution in [2.24, 2.45) is 0 Å². The lowest BCUT2D eigenvalue weighted by Gasteiger charge is -2.09. The van der Waals surface area contributed by atoms with E-state index in [0.717, 1.165) is 11.8 Å². The summed E-state index contributed by atoms with van der Waals surface area (Å²) in [4.78, 5) is 8.67. The van der Waals surface area contributed by atoms with Crippen molar-refractivity contribution in [3.63, 3.8) is 0 Å². The highest BCUT2D eigenvalue weighted by molar-refractivity contribution is 7.92. The van der Waals surface area contributed by atoms with Gasteiger partial charge in [0.1, 0.15) is 5.82 Å². The van der Waals surface area contributed by atoms with E-state index in [-0.39, 0.29) is 0 Å². The van der Waals surface area contributed by atoms with Crippen molar-refractivity contribution in [2.75, 3.05) is 16.3 Å². The van der Waals surface area contributed by atoms with Gasteiger partial charge in [-0.2, -0.15) is 5.10 Å². The van der Waals surface area contributed by atoms with E-state index in [9.17, 15) is 8.42 Å². The summed E-state index contributed by atoms with van der Waals surface area (Å²) in [6.07, 6.45) is 4.27. The van der Waals surface area contributed by atoms with Gasteiger partial charge in [-0.15, -0.1) is 5.10 Å². The minimum atomic E-state index is -3.37. The van der Waals surface area contributed by atoms with E-state index in [2.05, 4.69) is 44.1 Å². The first-order valence-corrected chi connectivity index (χ1v) is 9.53. The van der Waals surface area contributed by atoms with Gasteiger partial charge >= 0.3 is 0 Å². The maximum Gasteiger partial charge on any atom is 0.229 e. The second-order valence-corrected chi connectivity index (χ2v) is 7.74. The van der Waals surface area contributed by atoms with Crippen molar-refractivity contribution in [2.45, 2.75) is 19.8 Å².